The second kappa shape index (κ2) is 7.09. The zero-order valence-corrected chi connectivity index (χ0v) is 13.6. The highest BCUT2D eigenvalue weighted by molar-refractivity contribution is 6.06. The van der Waals surface area contributed by atoms with Gasteiger partial charge in [-0.3, -0.25) is 14.6 Å². The molecule has 0 aliphatic rings. The Morgan fingerprint density at radius 1 is 1.08 bits per heavy atom. The van der Waals surface area contributed by atoms with Gasteiger partial charge in [-0.1, -0.05) is 30.3 Å². The van der Waals surface area contributed by atoms with E-state index in [2.05, 4.69) is 10.3 Å². The molecule has 0 aliphatic heterocycles. The lowest BCUT2D eigenvalue weighted by atomic mass is 10.1. The molecule has 1 aromatic heterocycles. The summed E-state index contributed by atoms with van der Waals surface area (Å²) in [4.78, 5) is 30.0. The van der Waals surface area contributed by atoms with E-state index in [4.69, 9.17) is 0 Å². The van der Waals surface area contributed by atoms with Crippen LogP contribution in [0.3, 0.4) is 0 Å². The number of nitrogens with one attached hydrogen (secondary N) is 1. The smallest absolute Gasteiger partial charge is 0.244 e. The van der Waals surface area contributed by atoms with Crippen molar-refractivity contribution >= 4 is 34.1 Å². The van der Waals surface area contributed by atoms with Gasteiger partial charge < -0.3 is 10.2 Å². The molecule has 2 amide bonds. The molecule has 126 valence electrons. The summed E-state index contributed by atoms with van der Waals surface area (Å²) in [6.45, 7) is 1.14. The van der Waals surface area contributed by atoms with Crippen LogP contribution >= 0.6 is 0 Å². The van der Waals surface area contributed by atoms with Crippen LogP contribution in [0.4, 0.5) is 15.8 Å². The van der Waals surface area contributed by atoms with Crippen LogP contribution in [0.5, 0.6) is 0 Å². The molecule has 2 aromatic carbocycles. The standard InChI is InChI=1S/C19H16FN3O2/c1-13(24)23(12-18(25)22-16-9-3-2-8-15(16)20)17-10-4-6-14-7-5-11-21-19(14)17/h2-11H,12H2,1H3,(H,22,25). The third kappa shape index (κ3) is 3.63. The normalized spacial score (nSPS) is 10.5. The maximum atomic E-state index is 13.7. The lowest BCUT2D eigenvalue weighted by Gasteiger charge is -2.22. The van der Waals surface area contributed by atoms with E-state index >= 15 is 0 Å². The maximum Gasteiger partial charge on any atom is 0.244 e. The molecule has 0 saturated heterocycles. The van der Waals surface area contributed by atoms with Crippen LogP contribution in [-0.2, 0) is 9.59 Å². The molecule has 0 bridgehead atoms. The van der Waals surface area contributed by atoms with Crippen molar-refractivity contribution in [1.82, 2.24) is 4.98 Å². The lowest BCUT2D eigenvalue weighted by Crippen LogP contribution is -2.37. The topological polar surface area (TPSA) is 62.3 Å². The highest BCUT2D eigenvalue weighted by Gasteiger charge is 2.19. The van der Waals surface area contributed by atoms with Gasteiger partial charge in [0.05, 0.1) is 16.9 Å². The molecule has 3 aromatic rings. The average molecular weight is 337 g/mol. The molecular formula is C19H16FN3O2. The minimum absolute atomic E-state index is 0.0760. The van der Waals surface area contributed by atoms with Gasteiger partial charge in [0.1, 0.15) is 12.4 Å². The predicted molar refractivity (Wildman–Crippen MR) is 94.8 cm³/mol. The molecule has 25 heavy (non-hydrogen) atoms. The van der Waals surface area contributed by atoms with Gasteiger partial charge in [0.15, 0.2) is 0 Å². The SMILES string of the molecule is CC(=O)N(CC(=O)Nc1ccccc1F)c1cccc2cccnc12. The first-order chi connectivity index (χ1) is 12.1. The Morgan fingerprint density at radius 3 is 2.60 bits per heavy atom. The quantitative estimate of drug-likeness (QED) is 0.794. The fourth-order valence-electron chi connectivity index (χ4n) is 2.57. The Bertz CT molecular complexity index is 937. The summed E-state index contributed by atoms with van der Waals surface area (Å²) in [5.41, 5.74) is 1.24. The van der Waals surface area contributed by atoms with Crippen LogP contribution in [0.25, 0.3) is 10.9 Å². The second-order valence-corrected chi connectivity index (χ2v) is 5.49. The third-order valence-electron chi connectivity index (χ3n) is 3.73. The van der Waals surface area contributed by atoms with Crippen molar-refractivity contribution in [3.05, 3.63) is 66.6 Å². The monoisotopic (exact) mass is 337 g/mol. The molecule has 1 N–H and O–H groups in total. The number of fused-ring (bicyclic) bond motifs is 1. The minimum atomic E-state index is -0.531. The number of aromatic nitrogens is 1. The first kappa shape index (κ1) is 16.6. The number of hydrogen-bond acceptors (Lipinski definition) is 3. The highest BCUT2D eigenvalue weighted by Crippen LogP contribution is 2.25. The number of amides is 2. The number of para-hydroxylation sites is 2. The largest absolute Gasteiger partial charge is 0.322 e. The van der Waals surface area contributed by atoms with E-state index in [0.717, 1.165) is 5.39 Å². The Kier molecular flexibility index (Phi) is 4.70. The Hall–Kier alpha value is -3.28. The van der Waals surface area contributed by atoms with Crippen LogP contribution in [-0.4, -0.2) is 23.3 Å². The molecule has 0 unspecified atom stereocenters. The molecule has 0 atom stereocenters. The number of carbonyl (C=O) groups is 2. The van der Waals surface area contributed by atoms with Crippen LogP contribution < -0.4 is 10.2 Å². The van der Waals surface area contributed by atoms with Crippen molar-refractivity contribution in [3.8, 4) is 0 Å². The van der Waals surface area contributed by atoms with Gasteiger partial charge >= 0.3 is 0 Å². The van der Waals surface area contributed by atoms with E-state index in [0.29, 0.717) is 11.2 Å². The summed E-state index contributed by atoms with van der Waals surface area (Å²) in [5, 5.41) is 3.35. The fourth-order valence-corrected chi connectivity index (χ4v) is 2.57. The highest BCUT2D eigenvalue weighted by atomic mass is 19.1. The van der Waals surface area contributed by atoms with Crippen molar-refractivity contribution in [1.29, 1.82) is 0 Å². The van der Waals surface area contributed by atoms with Crippen LogP contribution in [0.1, 0.15) is 6.92 Å². The molecule has 0 spiro atoms. The van der Waals surface area contributed by atoms with Crippen molar-refractivity contribution in [3.63, 3.8) is 0 Å². The van der Waals surface area contributed by atoms with Crippen molar-refractivity contribution in [2.75, 3.05) is 16.8 Å². The van der Waals surface area contributed by atoms with E-state index in [1.807, 2.05) is 12.1 Å². The molecule has 0 saturated carbocycles. The zero-order chi connectivity index (χ0) is 17.8. The number of pyridine rings is 1. The molecule has 3 rings (SSSR count). The summed E-state index contributed by atoms with van der Waals surface area (Å²) in [6, 6.07) is 15.0. The van der Waals surface area contributed by atoms with Crippen molar-refractivity contribution in [2.24, 2.45) is 0 Å². The molecule has 1 heterocycles. The number of halogens is 1. The number of rotatable bonds is 4. The van der Waals surface area contributed by atoms with E-state index in [1.54, 1.807) is 30.5 Å². The van der Waals surface area contributed by atoms with Gasteiger partial charge in [0.25, 0.3) is 0 Å². The van der Waals surface area contributed by atoms with Gasteiger partial charge in [-0.25, -0.2) is 4.39 Å². The van der Waals surface area contributed by atoms with Crippen LogP contribution in [0, 0.1) is 5.82 Å². The minimum Gasteiger partial charge on any atom is -0.322 e. The fraction of sp³-hybridized carbons (Fsp3) is 0.105. The van der Waals surface area contributed by atoms with Gasteiger partial charge in [0.2, 0.25) is 11.8 Å². The van der Waals surface area contributed by atoms with Gasteiger partial charge in [-0.05, 0) is 24.3 Å². The van der Waals surface area contributed by atoms with E-state index < -0.39 is 11.7 Å². The number of carbonyl (C=O) groups excluding carboxylic acids is 2. The average Bonchev–Trinajstić information content (AvgIpc) is 2.61. The number of hydrogen-bond donors (Lipinski definition) is 1. The maximum absolute atomic E-state index is 13.7. The van der Waals surface area contributed by atoms with Crippen LogP contribution in [0.2, 0.25) is 0 Å². The molecule has 0 aliphatic carbocycles. The first-order valence-electron chi connectivity index (χ1n) is 7.72. The summed E-state index contributed by atoms with van der Waals surface area (Å²) in [5.74, 6) is -1.33. The second-order valence-electron chi connectivity index (χ2n) is 5.49. The number of nitrogens with zero attached hydrogens (tertiary/aromatic N) is 2. The van der Waals surface area contributed by atoms with E-state index in [1.165, 1.54) is 30.0 Å². The Labute approximate surface area is 144 Å². The van der Waals surface area contributed by atoms with Gasteiger partial charge in [-0.2, -0.15) is 0 Å². The van der Waals surface area contributed by atoms with Gasteiger partial charge in [0, 0.05) is 18.5 Å². The van der Waals surface area contributed by atoms with Crippen molar-refractivity contribution in [2.45, 2.75) is 6.92 Å². The summed E-state index contributed by atoms with van der Waals surface area (Å²) in [6.07, 6.45) is 1.63. The molecular weight excluding hydrogens is 321 g/mol. The predicted octanol–water partition coefficient (Wildman–Crippen LogP) is 3.37. The number of benzene rings is 2. The molecule has 5 nitrogen and oxygen atoms in total. The summed E-state index contributed by atoms with van der Waals surface area (Å²) >= 11 is 0. The first-order valence-corrected chi connectivity index (χ1v) is 7.72. The number of anilines is 2. The summed E-state index contributed by atoms with van der Waals surface area (Å²) < 4.78 is 13.7. The van der Waals surface area contributed by atoms with Crippen molar-refractivity contribution < 1.29 is 14.0 Å². The molecule has 0 radical (unpaired) electrons. The van der Waals surface area contributed by atoms with E-state index in [9.17, 15) is 14.0 Å². The van der Waals surface area contributed by atoms with Crippen LogP contribution in [0.15, 0.2) is 60.8 Å². The van der Waals surface area contributed by atoms with Gasteiger partial charge in [-0.15, -0.1) is 0 Å². The lowest BCUT2D eigenvalue weighted by molar-refractivity contribution is -0.120. The Morgan fingerprint density at radius 2 is 1.84 bits per heavy atom. The van der Waals surface area contributed by atoms with E-state index in [-0.39, 0.29) is 18.1 Å². The molecule has 6 heteroatoms. The Balaban J connectivity index is 1.88. The molecule has 0 fully saturated rings. The summed E-state index contributed by atoms with van der Waals surface area (Å²) in [7, 11) is 0. The third-order valence-corrected chi connectivity index (χ3v) is 3.73. The zero-order valence-electron chi connectivity index (χ0n) is 13.6.